The van der Waals surface area contributed by atoms with Crippen LogP contribution in [-0.2, 0) is 0 Å². The average molecular weight is 178 g/mol. The summed E-state index contributed by atoms with van der Waals surface area (Å²) in [6, 6.07) is 1.28. The van der Waals surface area contributed by atoms with Crippen molar-refractivity contribution in [1.82, 2.24) is 4.98 Å². The second-order valence-corrected chi connectivity index (χ2v) is 2.21. The first-order valence-corrected chi connectivity index (χ1v) is 3.57. The second kappa shape index (κ2) is 4.33. The van der Waals surface area contributed by atoms with Crippen LogP contribution in [0.3, 0.4) is 0 Å². The zero-order valence-corrected chi connectivity index (χ0v) is 6.75. The van der Waals surface area contributed by atoms with Gasteiger partial charge in [-0.1, -0.05) is 5.92 Å². The fourth-order valence-electron chi connectivity index (χ4n) is 0.755. The zero-order chi connectivity index (χ0) is 9.68. The van der Waals surface area contributed by atoms with Crippen molar-refractivity contribution in [3.63, 3.8) is 0 Å². The number of halogens is 1. The highest BCUT2D eigenvalue weighted by Gasteiger charge is 2.01. The minimum Gasteiger partial charge on any atom is -0.320 e. The maximum atomic E-state index is 12.7. The number of nitrogens with two attached hydrogens (primary N) is 1. The molecular weight excluding hydrogens is 171 g/mol. The molecule has 66 valence electrons. The van der Waals surface area contributed by atoms with Crippen molar-refractivity contribution in [2.45, 2.75) is 0 Å². The molecule has 0 saturated heterocycles. The molecule has 13 heavy (non-hydrogen) atoms. The predicted octanol–water partition coefficient (Wildman–Crippen LogP) is 0.343. The van der Waals surface area contributed by atoms with Crippen molar-refractivity contribution < 1.29 is 9.18 Å². The second-order valence-electron chi connectivity index (χ2n) is 2.21. The van der Waals surface area contributed by atoms with Gasteiger partial charge in [-0.05, 0) is 12.0 Å². The lowest BCUT2D eigenvalue weighted by Gasteiger charge is -1.93. The molecule has 0 fully saturated rings. The minimum atomic E-state index is -0.645. The fourth-order valence-corrected chi connectivity index (χ4v) is 0.755. The summed E-state index contributed by atoms with van der Waals surface area (Å²) in [5, 5.41) is 0. The van der Waals surface area contributed by atoms with E-state index in [1.54, 1.807) is 0 Å². The number of rotatable bonds is 1. The molecule has 1 heterocycles. The third kappa shape index (κ3) is 2.36. The number of nitrogens with zero attached hydrogens (tertiary/aromatic N) is 1. The Bertz CT molecular complexity index is 379. The van der Waals surface area contributed by atoms with E-state index in [-0.39, 0.29) is 12.1 Å². The van der Waals surface area contributed by atoms with E-state index >= 15 is 0 Å². The normalized spacial score (nSPS) is 8.77. The van der Waals surface area contributed by atoms with Crippen LogP contribution in [0.15, 0.2) is 12.3 Å². The Morgan fingerprint density at radius 3 is 3.08 bits per heavy atom. The van der Waals surface area contributed by atoms with E-state index in [0.29, 0.717) is 12.0 Å². The average Bonchev–Trinajstić information content (AvgIpc) is 2.16. The first-order valence-electron chi connectivity index (χ1n) is 3.57. The van der Waals surface area contributed by atoms with Gasteiger partial charge >= 0.3 is 0 Å². The van der Waals surface area contributed by atoms with Gasteiger partial charge in [0.05, 0.1) is 18.3 Å². The molecule has 0 spiro atoms. The molecule has 0 aromatic carbocycles. The number of aromatic nitrogens is 1. The summed E-state index contributed by atoms with van der Waals surface area (Å²) in [5.74, 6) is 4.50. The molecule has 0 aliphatic rings. The lowest BCUT2D eigenvalue weighted by molar-refractivity contribution is 0.111. The van der Waals surface area contributed by atoms with E-state index in [1.807, 2.05) is 0 Å². The molecule has 0 amide bonds. The zero-order valence-electron chi connectivity index (χ0n) is 6.75. The van der Waals surface area contributed by atoms with Crippen molar-refractivity contribution in [2.75, 3.05) is 6.54 Å². The van der Waals surface area contributed by atoms with E-state index in [0.717, 1.165) is 6.20 Å². The van der Waals surface area contributed by atoms with Gasteiger partial charge in [0.25, 0.3) is 0 Å². The summed E-state index contributed by atoms with van der Waals surface area (Å²) >= 11 is 0. The van der Waals surface area contributed by atoms with Gasteiger partial charge in [0, 0.05) is 0 Å². The highest BCUT2D eigenvalue weighted by molar-refractivity contribution is 5.75. The molecule has 0 unspecified atom stereocenters. The Morgan fingerprint density at radius 2 is 2.46 bits per heavy atom. The highest BCUT2D eigenvalue weighted by Crippen LogP contribution is 2.03. The van der Waals surface area contributed by atoms with E-state index in [9.17, 15) is 9.18 Å². The van der Waals surface area contributed by atoms with Gasteiger partial charge in [-0.2, -0.15) is 0 Å². The summed E-state index contributed by atoms with van der Waals surface area (Å²) in [6.07, 6.45) is 1.38. The number of hydrogen-bond donors (Lipinski definition) is 1. The van der Waals surface area contributed by atoms with Crippen LogP contribution in [0.2, 0.25) is 0 Å². The van der Waals surface area contributed by atoms with E-state index in [1.165, 1.54) is 6.07 Å². The molecule has 3 nitrogen and oxygen atoms in total. The molecule has 1 rings (SSSR count). The lowest BCUT2D eigenvalue weighted by Crippen LogP contribution is -1.95. The van der Waals surface area contributed by atoms with Crippen LogP contribution in [0.1, 0.15) is 16.1 Å². The molecule has 0 bridgehead atoms. The summed E-state index contributed by atoms with van der Waals surface area (Å²) < 4.78 is 12.7. The van der Waals surface area contributed by atoms with Crippen LogP contribution in [0, 0.1) is 17.7 Å². The summed E-state index contributed by atoms with van der Waals surface area (Å²) in [6.45, 7) is 0.204. The Hall–Kier alpha value is -1.73. The monoisotopic (exact) mass is 178 g/mol. The molecule has 1 aromatic heterocycles. The lowest BCUT2D eigenvalue weighted by atomic mass is 10.2. The Morgan fingerprint density at radius 1 is 1.69 bits per heavy atom. The topological polar surface area (TPSA) is 56.0 Å². The van der Waals surface area contributed by atoms with Crippen LogP contribution < -0.4 is 5.73 Å². The largest absolute Gasteiger partial charge is 0.320 e. The van der Waals surface area contributed by atoms with Gasteiger partial charge in [0.15, 0.2) is 12.1 Å². The Labute approximate surface area is 74.8 Å². The summed E-state index contributed by atoms with van der Waals surface area (Å²) in [5.41, 5.74) is 5.43. The molecule has 0 aliphatic heterocycles. The maximum Gasteiger partial charge on any atom is 0.153 e. The van der Waals surface area contributed by atoms with Crippen molar-refractivity contribution >= 4 is 6.29 Å². The van der Waals surface area contributed by atoms with Gasteiger partial charge in [-0.25, -0.2) is 9.37 Å². The third-order valence-corrected chi connectivity index (χ3v) is 1.33. The van der Waals surface area contributed by atoms with Gasteiger partial charge in [0.2, 0.25) is 0 Å². The van der Waals surface area contributed by atoms with E-state index < -0.39 is 5.82 Å². The van der Waals surface area contributed by atoms with Crippen LogP contribution in [-0.4, -0.2) is 17.8 Å². The molecular formula is C9H7FN2O. The SMILES string of the molecule is NCC#Cc1cc(C=O)c(F)cn1. The van der Waals surface area contributed by atoms with Gasteiger partial charge < -0.3 is 5.73 Å². The number of hydrogen-bond acceptors (Lipinski definition) is 3. The highest BCUT2D eigenvalue weighted by atomic mass is 19.1. The van der Waals surface area contributed by atoms with Crippen LogP contribution >= 0.6 is 0 Å². The number of carbonyl (C=O) groups is 1. The van der Waals surface area contributed by atoms with Crippen LogP contribution in [0.4, 0.5) is 4.39 Å². The van der Waals surface area contributed by atoms with Crippen molar-refractivity contribution in [3.05, 3.63) is 29.3 Å². The quantitative estimate of drug-likeness (QED) is 0.498. The van der Waals surface area contributed by atoms with E-state index in [2.05, 4.69) is 16.8 Å². The van der Waals surface area contributed by atoms with Crippen molar-refractivity contribution in [2.24, 2.45) is 5.73 Å². The maximum absolute atomic E-state index is 12.7. The molecule has 4 heteroatoms. The van der Waals surface area contributed by atoms with Gasteiger partial charge in [-0.3, -0.25) is 4.79 Å². The van der Waals surface area contributed by atoms with Crippen LogP contribution in [0.5, 0.6) is 0 Å². The first kappa shape index (κ1) is 9.36. The Kier molecular flexibility index (Phi) is 3.12. The molecule has 1 aromatic rings. The third-order valence-electron chi connectivity index (χ3n) is 1.33. The molecule has 0 atom stereocenters. The van der Waals surface area contributed by atoms with Crippen LogP contribution in [0.25, 0.3) is 0 Å². The summed E-state index contributed by atoms with van der Waals surface area (Å²) in [7, 11) is 0. The standard InChI is InChI=1S/C9H7FN2O/c10-9-5-12-8(2-1-3-11)4-7(9)6-13/h4-6H,3,11H2. The minimum absolute atomic E-state index is 0.0451. The van der Waals surface area contributed by atoms with Gasteiger partial charge in [0.1, 0.15) is 5.69 Å². The Balaban J connectivity index is 3.06. The van der Waals surface area contributed by atoms with Gasteiger partial charge in [-0.15, -0.1) is 0 Å². The predicted molar refractivity (Wildman–Crippen MR) is 45.5 cm³/mol. The number of aldehydes is 1. The first-order chi connectivity index (χ1) is 6.27. The molecule has 2 N–H and O–H groups in total. The van der Waals surface area contributed by atoms with Crippen molar-refractivity contribution in [3.8, 4) is 11.8 Å². The molecule has 0 saturated carbocycles. The summed E-state index contributed by atoms with van der Waals surface area (Å²) in [4.78, 5) is 14.0. The number of pyridine rings is 1. The van der Waals surface area contributed by atoms with Crippen molar-refractivity contribution in [1.29, 1.82) is 0 Å². The molecule has 0 radical (unpaired) electrons. The fraction of sp³-hybridized carbons (Fsp3) is 0.111. The van der Waals surface area contributed by atoms with E-state index in [4.69, 9.17) is 5.73 Å². The number of carbonyl (C=O) groups excluding carboxylic acids is 1. The molecule has 0 aliphatic carbocycles. The smallest absolute Gasteiger partial charge is 0.153 e.